The second kappa shape index (κ2) is 6.72. The molecule has 0 saturated carbocycles. The van der Waals surface area contributed by atoms with Crippen LogP contribution in [0.5, 0.6) is 5.75 Å². The van der Waals surface area contributed by atoms with E-state index in [1.807, 2.05) is 0 Å². The van der Waals surface area contributed by atoms with Crippen LogP contribution in [-0.2, 0) is 4.79 Å². The molecule has 1 rings (SSSR count). The Bertz CT molecular complexity index is 476. The number of carboxylic acids is 1. The second-order valence-corrected chi connectivity index (χ2v) is 4.41. The molecule has 0 heterocycles. The number of hydrogen-bond donors (Lipinski definition) is 3. The molecule has 3 N–H and O–H groups in total. The minimum Gasteiger partial charge on any atom is -0.507 e. The standard InChI is InChI=1S/C13H16FNO4/c1-8(2-5-12(17)18)7-15-13(19)10-6-9(14)3-4-11(10)16/h3-4,6,8,16H,2,5,7H2,1H3,(H,15,19)(H,17,18). The number of amides is 1. The molecule has 1 aromatic carbocycles. The maximum atomic E-state index is 13.0. The quantitative estimate of drug-likeness (QED) is 0.734. The van der Waals surface area contributed by atoms with E-state index in [-0.39, 0.29) is 30.2 Å². The Labute approximate surface area is 110 Å². The summed E-state index contributed by atoms with van der Waals surface area (Å²) in [4.78, 5) is 22.1. The summed E-state index contributed by atoms with van der Waals surface area (Å²) in [7, 11) is 0. The van der Waals surface area contributed by atoms with Gasteiger partial charge < -0.3 is 15.5 Å². The van der Waals surface area contributed by atoms with Crippen LogP contribution in [0.3, 0.4) is 0 Å². The maximum Gasteiger partial charge on any atom is 0.303 e. The highest BCUT2D eigenvalue weighted by Gasteiger charge is 2.13. The molecule has 0 bridgehead atoms. The summed E-state index contributed by atoms with van der Waals surface area (Å²) in [5, 5.41) is 20.5. The Kier molecular flexibility index (Phi) is 5.29. The Balaban J connectivity index is 2.51. The van der Waals surface area contributed by atoms with Crippen LogP contribution in [0.15, 0.2) is 18.2 Å². The Morgan fingerprint density at radius 3 is 2.74 bits per heavy atom. The highest BCUT2D eigenvalue weighted by Crippen LogP contribution is 2.17. The van der Waals surface area contributed by atoms with E-state index in [0.29, 0.717) is 6.42 Å². The van der Waals surface area contributed by atoms with Gasteiger partial charge in [0.2, 0.25) is 0 Å². The first-order chi connectivity index (χ1) is 8.90. The van der Waals surface area contributed by atoms with Crippen LogP contribution in [0.2, 0.25) is 0 Å². The first-order valence-electron chi connectivity index (χ1n) is 5.88. The number of rotatable bonds is 6. The van der Waals surface area contributed by atoms with Gasteiger partial charge in [0.25, 0.3) is 5.91 Å². The normalized spacial score (nSPS) is 11.9. The van der Waals surface area contributed by atoms with Crippen molar-refractivity contribution in [2.45, 2.75) is 19.8 Å². The summed E-state index contributed by atoms with van der Waals surface area (Å²) in [6, 6.07) is 3.12. The molecule has 0 aliphatic carbocycles. The van der Waals surface area contributed by atoms with Crippen molar-refractivity contribution in [3.63, 3.8) is 0 Å². The van der Waals surface area contributed by atoms with Crippen molar-refractivity contribution in [1.29, 1.82) is 0 Å². The number of nitrogens with one attached hydrogen (secondary N) is 1. The van der Waals surface area contributed by atoms with E-state index in [1.165, 1.54) is 0 Å². The zero-order chi connectivity index (χ0) is 14.4. The van der Waals surface area contributed by atoms with E-state index >= 15 is 0 Å². The van der Waals surface area contributed by atoms with Gasteiger partial charge in [-0.25, -0.2) is 4.39 Å². The number of benzene rings is 1. The van der Waals surface area contributed by atoms with Crippen LogP contribution in [-0.4, -0.2) is 28.6 Å². The fourth-order valence-electron chi connectivity index (χ4n) is 1.52. The van der Waals surface area contributed by atoms with Crippen LogP contribution in [0, 0.1) is 11.7 Å². The number of aromatic hydroxyl groups is 1. The van der Waals surface area contributed by atoms with Crippen molar-refractivity contribution < 1.29 is 24.2 Å². The third kappa shape index (κ3) is 4.95. The number of aliphatic carboxylic acids is 1. The molecule has 6 heteroatoms. The first kappa shape index (κ1) is 14.9. The Morgan fingerprint density at radius 2 is 2.11 bits per heavy atom. The topological polar surface area (TPSA) is 86.6 Å². The Morgan fingerprint density at radius 1 is 1.42 bits per heavy atom. The lowest BCUT2D eigenvalue weighted by molar-refractivity contribution is -0.137. The number of carboxylic acid groups (broad SMARTS) is 1. The molecule has 0 saturated heterocycles. The maximum absolute atomic E-state index is 13.0. The predicted octanol–water partition coefficient (Wildman–Crippen LogP) is 1.76. The van der Waals surface area contributed by atoms with Gasteiger partial charge in [0.1, 0.15) is 11.6 Å². The van der Waals surface area contributed by atoms with Crippen molar-refractivity contribution in [3.8, 4) is 5.75 Å². The van der Waals surface area contributed by atoms with Gasteiger partial charge in [0.15, 0.2) is 0 Å². The lowest BCUT2D eigenvalue weighted by Gasteiger charge is -2.12. The number of carbonyl (C=O) groups excluding carboxylic acids is 1. The second-order valence-electron chi connectivity index (χ2n) is 4.41. The fourth-order valence-corrected chi connectivity index (χ4v) is 1.52. The van der Waals surface area contributed by atoms with E-state index in [1.54, 1.807) is 6.92 Å². The molecule has 5 nitrogen and oxygen atoms in total. The number of halogens is 1. The molecular formula is C13H16FNO4. The van der Waals surface area contributed by atoms with Gasteiger partial charge in [0, 0.05) is 13.0 Å². The van der Waals surface area contributed by atoms with E-state index in [0.717, 1.165) is 18.2 Å². The van der Waals surface area contributed by atoms with Crippen LogP contribution in [0.4, 0.5) is 4.39 Å². The average Bonchev–Trinajstić information content (AvgIpc) is 2.36. The predicted molar refractivity (Wildman–Crippen MR) is 66.4 cm³/mol. The summed E-state index contributed by atoms with van der Waals surface area (Å²) in [5.41, 5.74) is -0.134. The molecule has 1 amide bonds. The molecule has 104 valence electrons. The van der Waals surface area contributed by atoms with Crippen LogP contribution < -0.4 is 5.32 Å². The third-order valence-electron chi connectivity index (χ3n) is 2.67. The molecule has 0 aliphatic heterocycles. The van der Waals surface area contributed by atoms with E-state index in [9.17, 15) is 19.1 Å². The summed E-state index contributed by atoms with van der Waals surface area (Å²) >= 11 is 0. The minimum atomic E-state index is -0.888. The molecule has 0 spiro atoms. The lowest BCUT2D eigenvalue weighted by Crippen LogP contribution is -2.28. The number of carbonyl (C=O) groups is 2. The highest BCUT2D eigenvalue weighted by atomic mass is 19.1. The number of phenolic OH excluding ortho intramolecular Hbond substituents is 1. The van der Waals surface area contributed by atoms with Gasteiger partial charge in [-0.3, -0.25) is 9.59 Å². The molecule has 1 unspecified atom stereocenters. The van der Waals surface area contributed by atoms with Crippen molar-refractivity contribution in [1.82, 2.24) is 5.32 Å². The van der Waals surface area contributed by atoms with Gasteiger partial charge in [-0.05, 0) is 30.5 Å². The molecule has 1 atom stereocenters. The summed E-state index contributed by atoms with van der Waals surface area (Å²) < 4.78 is 13.0. The van der Waals surface area contributed by atoms with Crippen LogP contribution in [0.25, 0.3) is 0 Å². The van der Waals surface area contributed by atoms with Gasteiger partial charge in [-0.2, -0.15) is 0 Å². The first-order valence-corrected chi connectivity index (χ1v) is 5.88. The molecule has 1 aromatic rings. The smallest absolute Gasteiger partial charge is 0.303 e. The highest BCUT2D eigenvalue weighted by molar-refractivity contribution is 5.96. The van der Waals surface area contributed by atoms with E-state index in [4.69, 9.17) is 5.11 Å². The number of hydrogen-bond acceptors (Lipinski definition) is 3. The zero-order valence-electron chi connectivity index (χ0n) is 10.5. The summed E-state index contributed by atoms with van der Waals surface area (Å²) in [6.07, 6.45) is 0.465. The van der Waals surface area contributed by atoms with E-state index < -0.39 is 17.7 Å². The summed E-state index contributed by atoms with van der Waals surface area (Å²) in [5.74, 6) is -2.39. The average molecular weight is 269 g/mol. The van der Waals surface area contributed by atoms with E-state index in [2.05, 4.69) is 5.32 Å². The van der Waals surface area contributed by atoms with Crippen LogP contribution in [0.1, 0.15) is 30.1 Å². The van der Waals surface area contributed by atoms with Gasteiger partial charge >= 0.3 is 5.97 Å². The van der Waals surface area contributed by atoms with Crippen LogP contribution >= 0.6 is 0 Å². The van der Waals surface area contributed by atoms with Crippen molar-refractivity contribution in [3.05, 3.63) is 29.6 Å². The summed E-state index contributed by atoms with van der Waals surface area (Å²) in [6.45, 7) is 2.07. The van der Waals surface area contributed by atoms with Gasteiger partial charge in [-0.1, -0.05) is 6.92 Å². The molecule has 0 fully saturated rings. The monoisotopic (exact) mass is 269 g/mol. The van der Waals surface area contributed by atoms with Gasteiger partial charge in [-0.15, -0.1) is 0 Å². The largest absolute Gasteiger partial charge is 0.507 e. The molecule has 0 aliphatic rings. The zero-order valence-corrected chi connectivity index (χ0v) is 10.5. The Hall–Kier alpha value is -2.11. The fraction of sp³-hybridized carbons (Fsp3) is 0.385. The third-order valence-corrected chi connectivity index (χ3v) is 2.67. The molecule has 19 heavy (non-hydrogen) atoms. The molecule has 0 radical (unpaired) electrons. The van der Waals surface area contributed by atoms with Crippen molar-refractivity contribution in [2.75, 3.05) is 6.54 Å². The lowest BCUT2D eigenvalue weighted by atomic mass is 10.1. The minimum absolute atomic E-state index is 0.0178. The van der Waals surface area contributed by atoms with Crippen molar-refractivity contribution >= 4 is 11.9 Å². The molecular weight excluding hydrogens is 253 g/mol. The molecule has 0 aromatic heterocycles. The SMILES string of the molecule is CC(CCC(=O)O)CNC(=O)c1cc(F)ccc1O. The van der Waals surface area contributed by atoms with Gasteiger partial charge in [0.05, 0.1) is 5.56 Å². The number of phenols is 1. The van der Waals surface area contributed by atoms with Crippen molar-refractivity contribution in [2.24, 2.45) is 5.92 Å².